The molecule has 0 aromatic heterocycles. The number of hydrogen-bond acceptors (Lipinski definition) is 5. The van der Waals surface area contributed by atoms with E-state index in [0.29, 0.717) is 30.0 Å². The summed E-state index contributed by atoms with van der Waals surface area (Å²) in [5.74, 6) is -0.486. The monoisotopic (exact) mass is 534 g/mol. The Morgan fingerprint density at radius 2 is 1.82 bits per heavy atom. The molecule has 0 aliphatic carbocycles. The van der Waals surface area contributed by atoms with Crippen molar-refractivity contribution in [1.29, 1.82) is 0 Å². The summed E-state index contributed by atoms with van der Waals surface area (Å²) in [6, 6.07) is 19.6. The second-order valence-corrected chi connectivity index (χ2v) is 10.1. The van der Waals surface area contributed by atoms with E-state index in [9.17, 15) is 19.1 Å². The van der Waals surface area contributed by atoms with E-state index >= 15 is 0 Å². The third kappa shape index (κ3) is 7.13. The highest BCUT2D eigenvalue weighted by molar-refractivity contribution is 6.04. The average Bonchev–Trinajstić information content (AvgIpc) is 2.92. The maximum absolute atomic E-state index is 13.6. The van der Waals surface area contributed by atoms with E-state index < -0.39 is 17.9 Å². The number of aliphatic hydroxyl groups is 1. The quantitative estimate of drug-likeness (QED) is 0.385. The Bertz CT molecular complexity index is 1270. The zero-order valence-corrected chi connectivity index (χ0v) is 22.4. The molecular weight excluding hydrogens is 499 g/mol. The summed E-state index contributed by atoms with van der Waals surface area (Å²) in [6.45, 7) is 5.35. The number of carbonyl (C=O) groups excluding carboxylic acids is 2. The number of ether oxygens (including phenoxy) is 1. The number of hydrogen-bond donors (Lipinski definition) is 3. The van der Waals surface area contributed by atoms with Gasteiger partial charge in [-0.1, -0.05) is 43.3 Å². The molecule has 0 saturated carbocycles. The highest BCUT2D eigenvalue weighted by Gasteiger charge is 2.34. The minimum absolute atomic E-state index is 0.0737. The molecule has 8 nitrogen and oxygen atoms in total. The molecule has 3 atom stereocenters. The van der Waals surface area contributed by atoms with Crippen molar-refractivity contribution in [2.75, 3.05) is 37.4 Å². The fourth-order valence-electron chi connectivity index (χ4n) is 4.64. The summed E-state index contributed by atoms with van der Waals surface area (Å²) >= 11 is 0. The number of amides is 3. The largest absolute Gasteiger partial charge is 0.486 e. The highest BCUT2D eigenvalue weighted by Crippen LogP contribution is 2.35. The molecule has 0 bridgehead atoms. The van der Waals surface area contributed by atoms with Crippen molar-refractivity contribution in [3.05, 3.63) is 89.7 Å². The number of likely N-dealkylation sites (N-methyl/N-ethyl adjacent to an activating group) is 1. The van der Waals surface area contributed by atoms with Crippen molar-refractivity contribution in [1.82, 2.24) is 9.80 Å². The van der Waals surface area contributed by atoms with Gasteiger partial charge in [0, 0.05) is 31.2 Å². The molecular formula is C30H35FN4O4. The Labute approximate surface area is 228 Å². The molecule has 0 spiro atoms. The molecule has 0 saturated heterocycles. The second-order valence-electron chi connectivity index (χ2n) is 10.1. The lowest BCUT2D eigenvalue weighted by Gasteiger charge is -2.38. The first-order valence-corrected chi connectivity index (χ1v) is 13.0. The van der Waals surface area contributed by atoms with Crippen LogP contribution in [0.5, 0.6) is 5.75 Å². The van der Waals surface area contributed by atoms with E-state index in [1.54, 1.807) is 23.1 Å². The minimum atomic E-state index is -0.556. The number of halogens is 1. The van der Waals surface area contributed by atoms with Crippen LogP contribution in [0.25, 0.3) is 0 Å². The smallest absolute Gasteiger partial charge is 0.323 e. The van der Waals surface area contributed by atoms with Crippen LogP contribution >= 0.6 is 0 Å². The lowest BCUT2D eigenvalue weighted by molar-refractivity contribution is 0.0343. The van der Waals surface area contributed by atoms with Crippen LogP contribution in [0, 0.1) is 11.7 Å². The van der Waals surface area contributed by atoms with Crippen molar-refractivity contribution < 1.29 is 23.8 Å². The molecule has 39 heavy (non-hydrogen) atoms. The number of aliphatic hydroxyl groups excluding tert-OH is 1. The Kier molecular flexibility index (Phi) is 9.16. The molecule has 3 N–H and O–H groups in total. The van der Waals surface area contributed by atoms with Gasteiger partial charge in [-0.2, -0.15) is 0 Å². The van der Waals surface area contributed by atoms with Crippen molar-refractivity contribution in [3.8, 4) is 5.75 Å². The molecule has 9 heteroatoms. The predicted molar refractivity (Wildman–Crippen MR) is 149 cm³/mol. The van der Waals surface area contributed by atoms with E-state index in [0.717, 1.165) is 6.54 Å². The molecule has 3 aromatic carbocycles. The van der Waals surface area contributed by atoms with E-state index in [2.05, 4.69) is 27.7 Å². The Balaban J connectivity index is 1.62. The van der Waals surface area contributed by atoms with Crippen LogP contribution in [0.3, 0.4) is 0 Å². The van der Waals surface area contributed by atoms with Crippen molar-refractivity contribution in [2.24, 2.45) is 5.92 Å². The fraction of sp³-hybridized carbons (Fsp3) is 0.333. The topological polar surface area (TPSA) is 94.1 Å². The number of nitrogens with zero attached hydrogens (tertiary/aromatic N) is 2. The standard InChI is InChI=1S/C30H35FN4O4/c1-20-16-35(21(2)19-36)29(37)25-10-7-11-26(33-30(38)32-24-14-12-23(31)13-15-24)28(25)39-27(20)18-34(3)17-22-8-5-4-6-9-22/h4-15,20-21,27,36H,16-19H2,1-3H3,(H2,32,33,38)/t20-,21+,27-/m1/s1. The van der Waals surface area contributed by atoms with Gasteiger partial charge in [-0.25, -0.2) is 9.18 Å². The number of anilines is 2. The third-order valence-corrected chi connectivity index (χ3v) is 6.83. The summed E-state index contributed by atoms with van der Waals surface area (Å²) in [5, 5.41) is 15.3. The van der Waals surface area contributed by atoms with Gasteiger partial charge in [-0.15, -0.1) is 0 Å². The number of rotatable bonds is 8. The predicted octanol–water partition coefficient (Wildman–Crippen LogP) is 4.82. The summed E-state index contributed by atoms with van der Waals surface area (Å²) < 4.78 is 19.8. The Morgan fingerprint density at radius 1 is 1.10 bits per heavy atom. The van der Waals surface area contributed by atoms with E-state index in [-0.39, 0.29) is 30.3 Å². The zero-order chi connectivity index (χ0) is 27.9. The normalized spacial score (nSPS) is 18.0. The maximum Gasteiger partial charge on any atom is 0.323 e. The van der Waals surface area contributed by atoms with E-state index in [4.69, 9.17) is 4.74 Å². The van der Waals surface area contributed by atoms with E-state index in [1.165, 1.54) is 29.8 Å². The number of benzene rings is 3. The summed E-state index contributed by atoms with van der Waals surface area (Å²) in [6.07, 6.45) is -0.318. The van der Waals surface area contributed by atoms with E-state index in [1.807, 2.05) is 39.1 Å². The highest BCUT2D eigenvalue weighted by atomic mass is 19.1. The fourth-order valence-corrected chi connectivity index (χ4v) is 4.64. The van der Waals surface area contributed by atoms with Gasteiger partial charge in [-0.3, -0.25) is 9.69 Å². The first-order valence-electron chi connectivity index (χ1n) is 13.0. The number of para-hydroxylation sites is 1. The van der Waals surface area contributed by atoms with Crippen molar-refractivity contribution >= 4 is 23.3 Å². The van der Waals surface area contributed by atoms with Crippen LogP contribution in [0.2, 0.25) is 0 Å². The van der Waals surface area contributed by atoms with Crippen LogP contribution in [-0.4, -0.2) is 65.7 Å². The summed E-state index contributed by atoms with van der Waals surface area (Å²) in [5.41, 5.74) is 2.23. The Morgan fingerprint density at radius 3 is 2.51 bits per heavy atom. The lowest BCUT2D eigenvalue weighted by atomic mass is 9.99. The molecule has 1 heterocycles. The maximum atomic E-state index is 13.6. The van der Waals surface area contributed by atoms with Gasteiger partial charge in [0.15, 0.2) is 5.75 Å². The summed E-state index contributed by atoms with van der Waals surface area (Å²) in [4.78, 5) is 30.3. The number of nitrogens with one attached hydrogen (secondary N) is 2. The molecule has 4 rings (SSSR count). The molecule has 0 fully saturated rings. The van der Waals surface area contributed by atoms with Gasteiger partial charge < -0.3 is 25.4 Å². The van der Waals surface area contributed by atoms with Crippen LogP contribution in [0.15, 0.2) is 72.8 Å². The van der Waals surface area contributed by atoms with Gasteiger partial charge in [0.05, 0.1) is 23.9 Å². The average molecular weight is 535 g/mol. The molecule has 3 amide bonds. The van der Waals surface area contributed by atoms with Crippen LogP contribution in [-0.2, 0) is 6.54 Å². The van der Waals surface area contributed by atoms with Gasteiger partial charge in [-0.05, 0) is 55.9 Å². The SMILES string of the molecule is C[C@@H]1CN([C@@H](C)CO)C(=O)c2cccc(NC(=O)Nc3ccc(F)cc3)c2O[C@@H]1CN(C)Cc1ccccc1. The summed E-state index contributed by atoms with van der Waals surface area (Å²) in [7, 11) is 2.02. The van der Waals surface area contributed by atoms with Crippen molar-refractivity contribution in [3.63, 3.8) is 0 Å². The molecule has 206 valence electrons. The zero-order valence-electron chi connectivity index (χ0n) is 22.4. The molecule has 0 unspecified atom stereocenters. The first kappa shape index (κ1) is 28.1. The van der Waals surface area contributed by atoms with Gasteiger partial charge in [0.25, 0.3) is 5.91 Å². The Hall–Kier alpha value is -3.95. The third-order valence-electron chi connectivity index (χ3n) is 6.83. The molecule has 3 aromatic rings. The molecule has 0 radical (unpaired) electrons. The van der Waals surface area contributed by atoms with Gasteiger partial charge in [0.1, 0.15) is 11.9 Å². The first-order chi connectivity index (χ1) is 18.7. The molecule has 1 aliphatic rings. The van der Waals surface area contributed by atoms with Gasteiger partial charge >= 0.3 is 6.03 Å². The lowest BCUT2D eigenvalue weighted by Crippen LogP contribution is -2.49. The molecule has 1 aliphatic heterocycles. The second kappa shape index (κ2) is 12.7. The van der Waals surface area contributed by atoms with Crippen LogP contribution in [0.4, 0.5) is 20.6 Å². The number of fused-ring (bicyclic) bond motifs is 1. The van der Waals surface area contributed by atoms with Crippen LogP contribution in [0.1, 0.15) is 29.8 Å². The van der Waals surface area contributed by atoms with Crippen molar-refractivity contribution in [2.45, 2.75) is 32.5 Å². The number of carbonyl (C=O) groups is 2. The van der Waals surface area contributed by atoms with Crippen LogP contribution < -0.4 is 15.4 Å². The minimum Gasteiger partial charge on any atom is -0.486 e. The number of urea groups is 1. The van der Waals surface area contributed by atoms with Gasteiger partial charge in [0.2, 0.25) is 0 Å².